The van der Waals surface area contributed by atoms with Gasteiger partial charge in [0.05, 0.1) is 6.61 Å². The quantitative estimate of drug-likeness (QED) is 0.784. The Bertz CT molecular complexity index is 570. The van der Waals surface area contributed by atoms with Crippen molar-refractivity contribution in [1.29, 1.82) is 0 Å². The summed E-state index contributed by atoms with van der Waals surface area (Å²) in [6, 6.07) is 9.64. The number of ether oxygens (including phenoxy) is 1. The Morgan fingerprint density at radius 1 is 1.30 bits per heavy atom. The lowest BCUT2D eigenvalue weighted by atomic mass is 9.63. The van der Waals surface area contributed by atoms with E-state index in [-0.39, 0.29) is 16.6 Å². The van der Waals surface area contributed by atoms with Crippen LogP contribution in [0, 0.1) is 16.7 Å². The highest BCUT2D eigenvalue weighted by Crippen LogP contribution is 2.56. The monoisotopic (exact) mass is 333 g/mol. The van der Waals surface area contributed by atoms with Crippen molar-refractivity contribution in [2.75, 3.05) is 11.9 Å². The van der Waals surface area contributed by atoms with E-state index in [1.807, 2.05) is 30.3 Å². The van der Waals surface area contributed by atoms with E-state index in [1.165, 1.54) is 0 Å². The average molecular weight is 333 g/mol. The molecule has 1 N–H and O–H groups in total. The number of carbonyl (C=O) groups excluding carboxylic acids is 1. The summed E-state index contributed by atoms with van der Waals surface area (Å²) in [5.41, 5.74) is 0.665. The van der Waals surface area contributed by atoms with E-state index in [9.17, 15) is 4.79 Å². The lowest BCUT2D eigenvalue weighted by Crippen LogP contribution is -2.40. The van der Waals surface area contributed by atoms with Gasteiger partial charge in [-0.25, -0.2) is 0 Å². The van der Waals surface area contributed by atoms with Crippen LogP contribution in [0.5, 0.6) is 0 Å². The van der Waals surface area contributed by atoms with Gasteiger partial charge in [0.25, 0.3) is 5.17 Å². The third-order valence-electron chi connectivity index (χ3n) is 5.93. The lowest BCUT2D eigenvalue weighted by Gasteiger charge is -2.39. The Hall–Kier alpha value is -1.42. The molecule has 0 unspecified atom stereocenters. The summed E-state index contributed by atoms with van der Waals surface area (Å²) in [7, 11) is 0. The van der Waals surface area contributed by atoms with Gasteiger partial charge in [-0.15, -0.1) is 0 Å². The van der Waals surface area contributed by atoms with Crippen LogP contribution in [0.25, 0.3) is 0 Å². The number of hydrogen-bond acceptors (Lipinski definition) is 3. The maximum Gasteiger partial charge on any atom is 0.261 e. The zero-order valence-corrected chi connectivity index (χ0v) is 15.3. The van der Waals surface area contributed by atoms with E-state index in [0.717, 1.165) is 18.5 Å². The van der Waals surface area contributed by atoms with Crippen LogP contribution in [-0.2, 0) is 9.53 Å². The van der Waals surface area contributed by atoms with Crippen LogP contribution in [0.2, 0.25) is 0 Å². The number of Topliss-reactive ketones (excluding diaryl/α,β-unsaturated/α-hetero) is 1. The van der Waals surface area contributed by atoms with Crippen LogP contribution in [0.1, 0.15) is 47.0 Å². The fraction of sp³-hybridized carbons (Fsp3) is 0.579. The molecule has 1 aliphatic carbocycles. The minimum absolute atomic E-state index is 0.0346. The van der Waals surface area contributed by atoms with Crippen molar-refractivity contribution in [2.24, 2.45) is 16.7 Å². The predicted molar refractivity (Wildman–Crippen MR) is 98.5 cm³/mol. The number of carbonyl (C=O) groups is 1. The van der Waals surface area contributed by atoms with E-state index in [0.29, 0.717) is 24.1 Å². The molecule has 1 saturated carbocycles. The minimum atomic E-state index is -0.260. The average Bonchev–Trinajstić information content (AvgIpc) is 2.72. The van der Waals surface area contributed by atoms with Gasteiger partial charge in [0.15, 0.2) is 0 Å². The Morgan fingerprint density at radius 3 is 2.52 bits per heavy atom. The van der Waals surface area contributed by atoms with Gasteiger partial charge in [-0.05, 0) is 48.5 Å². The maximum absolute atomic E-state index is 12.7. The highest BCUT2D eigenvalue weighted by molar-refractivity contribution is 7.80. The number of nitrogens with one attached hydrogen (secondary N) is 1. The summed E-state index contributed by atoms with van der Waals surface area (Å²) in [5, 5.41) is 3.33. The first-order valence-electron chi connectivity index (χ1n) is 8.29. The predicted octanol–water partition coefficient (Wildman–Crippen LogP) is 4.82. The molecule has 23 heavy (non-hydrogen) atoms. The van der Waals surface area contributed by atoms with E-state index in [4.69, 9.17) is 17.0 Å². The van der Waals surface area contributed by atoms with Crippen molar-refractivity contribution >= 4 is 28.9 Å². The highest BCUT2D eigenvalue weighted by Gasteiger charge is 2.53. The molecule has 0 saturated heterocycles. The lowest BCUT2D eigenvalue weighted by molar-refractivity contribution is -0.134. The fourth-order valence-corrected chi connectivity index (χ4v) is 3.62. The largest absolute Gasteiger partial charge is 0.470 e. The molecule has 4 heteroatoms. The number of benzene rings is 1. The van der Waals surface area contributed by atoms with Crippen molar-refractivity contribution in [3.05, 3.63) is 30.3 Å². The highest BCUT2D eigenvalue weighted by atomic mass is 32.1. The summed E-state index contributed by atoms with van der Waals surface area (Å²) < 4.78 is 5.52. The summed E-state index contributed by atoms with van der Waals surface area (Å²) in [5.74, 6) is 0.854. The van der Waals surface area contributed by atoms with E-state index < -0.39 is 0 Å². The zero-order valence-electron chi connectivity index (χ0n) is 14.5. The van der Waals surface area contributed by atoms with Crippen molar-refractivity contribution in [3.63, 3.8) is 0 Å². The van der Waals surface area contributed by atoms with Crippen LogP contribution < -0.4 is 5.32 Å². The molecule has 1 aromatic carbocycles. The summed E-state index contributed by atoms with van der Waals surface area (Å²) in [6.07, 6.45) is 2.49. The fourth-order valence-electron chi connectivity index (χ4n) is 3.42. The molecule has 1 aromatic rings. The maximum atomic E-state index is 12.7. The normalized spacial score (nSPS) is 25.8. The molecule has 126 valence electrons. The molecular formula is C19H27NO2S. The van der Waals surface area contributed by atoms with Crippen molar-refractivity contribution in [3.8, 4) is 0 Å². The Kier molecular flexibility index (Phi) is 5.45. The second-order valence-corrected chi connectivity index (χ2v) is 7.66. The first-order valence-corrected chi connectivity index (χ1v) is 8.70. The number of ketones is 1. The minimum Gasteiger partial charge on any atom is -0.470 e. The van der Waals surface area contributed by atoms with Gasteiger partial charge < -0.3 is 10.1 Å². The first-order chi connectivity index (χ1) is 10.8. The molecule has 1 aliphatic rings. The molecule has 2 atom stereocenters. The third kappa shape index (κ3) is 3.74. The van der Waals surface area contributed by atoms with Gasteiger partial charge in [-0.1, -0.05) is 45.9 Å². The van der Waals surface area contributed by atoms with E-state index >= 15 is 0 Å². The van der Waals surface area contributed by atoms with Gasteiger partial charge in [-0.3, -0.25) is 4.79 Å². The van der Waals surface area contributed by atoms with Crippen LogP contribution in [0.15, 0.2) is 30.3 Å². The van der Waals surface area contributed by atoms with Crippen molar-refractivity contribution < 1.29 is 9.53 Å². The summed E-state index contributed by atoms with van der Waals surface area (Å²) >= 11 is 5.17. The molecule has 1 fully saturated rings. The van der Waals surface area contributed by atoms with Gasteiger partial charge in [0.2, 0.25) is 0 Å². The molecule has 3 nitrogen and oxygen atoms in total. The van der Waals surface area contributed by atoms with Crippen LogP contribution in [0.3, 0.4) is 0 Å². The van der Waals surface area contributed by atoms with Crippen LogP contribution in [-0.4, -0.2) is 17.6 Å². The van der Waals surface area contributed by atoms with Gasteiger partial charge >= 0.3 is 0 Å². The number of para-hydroxylation sites is 1. The Morgan fingerprint density at radius 2 is 1.96 bits per heavy atom. The molecular weight excluding hydrogens is 306 g/mol. The van der Waals surface area contributed by atoms with Gasteiger partial charge in [0.1, 0.15) is 5.78 Å². The van der Waals surface area contributed by atoms with Crippen LogP contribution >= 0.6 is 12.2 Å². The number of thiocarbonyl (C=S) groups is 1. The summed E-state index contributed by atoms with van der Waals surface area (Å²) in [6.45, 7) is 9.11. The molecule has 0 bridgehead atoms. The number of anilines is 1. The van der Waals surface area contributed by atoms with Crippen molar-refractivity contribution in [1.82, 2.24) is 0 Å². The molecule has 0 aromatic heterocycles. The molecule has 0 spiro atoms. The Labute approximate surface area is 144 Å². The third-order valence-corrected chi connectivity index (χ3v) is 6.15. The summed E-state index contributed by atoms with van der Waals surface area (Å²) in [4.78, 5) is 12.7. The smallest absolute Gasteiger partial charge is 0.261 e. The van der Waals surface area contributed by atoms with Crippen molar-refractivity contribution in [2.45, 2.75) is 47.0 Å². The number of rotatable bonds is 5. The second-order valence-electron chi connectivity index (χ2n) is 7.29. The molecule has 0 radical (unpaired) electrons. The number of hydrogen-bond donors (Lipinski definition) is 1. The molecule has 0 amide bonds. The standard InChI is InChI=1S/C19H27NO2S/c1-14-10-12-19(4,18(14,2)3)16(21)11-13-22-17(23)20-15-8-6-5-7-9-15/h5-9,14H,10-13H2,1-4H3,(H,20,23)/t14-,19+/m0/s1. The van der Waals surface area contributed by atoms with Gasteiger partial charge in [-0.2, -0.15) is 0 Å². The molecule has 0 aliphatic heterocycles. The SMILES string of the molecule is C[C@H]1CC[C@](C)(C(=O)CCOC(=S)Nc2ccccc2)C1(C)C. The zero-order chi connectivity index (χ0) is 17.1. The van der Waals surface area contributed by atoms with E-state index in [2.05, 4.69) is 33.0 Å². The molecule has 0 heterocycles. The topological polar surface area (TPSA) is 38.3 Å². The van der Waals surface area contributed by atoms with Crippen LogP contribution in [0.4, 0.5) is 5.69 Å². The molecule has 2 rings (SSSR count). The van der Waals surface area contributed by atoms with E-state index in [1.54, 1.807) is 0 Å². The van der Waals surface area contributed by atoms with Gasteiger partial charge in [0, 0.05) is 17.5 Å². The second kappa shape index (κ2) is 7.00. The Balaban J connectivity index is 1.82. The first kappa shape index (κ1) is 17.9.